The van der Waals surface area contributed by atoms with Gasteiger partial charge in [-0.25, -0.2) is 0 Å². The first-order valence-electron chi connectivity index (χ1n) is 13.9. The van der Waals surface area contributed by atoms with Crippen LogP contribution in [0.1, 0.15) is 67.2 Å². The van der Waals surface area contributed by atoms with Crippen LogP contribution in [0.2, 0.25) is 0 Å². The van der Waals surface area contributed by atoms with E-state index in [1.165, 1.54) is 0 Å². The van der Waals surface area contributed by atoms with Crippen molar-refractivity contribution in [3.05, 3.63) is 25.3 Å². The summed E-state index contributed by atoms with van der Waals surface area (Å²) in [7, 11) is 0. The molecule has 0 radical (unpaired) electrons. The van der Waals surface area contributed by atoms with Crippen LogP contribution in [0.5, 0.6) is 0 Å². The van der Waals surface area contributed by atoms with Crippen LogP contribution in [-0.2, 0) is 14.4 Å². The Hall–Kier alpha value is -1.80. The number of amides is 3. The summed E-state index contributed by atoms with van der Waals surface area (Å²) in [5.74, 6) is -1.27. The van der Waals surface area contributed by atoms with Gasteiger partial charge in [-0.3, -0.25) is 14.4 Å². The van der Waals surface area contributed by atoms with Crippen LogP contribution in [0.4, 0.5) is 0 Å². The first-order chi connectivity index (χ1) is 17.4. The molecule has 3 rings (SSSR count). The van der Waals surface area contributed by atoms with Crippen molar-refractivity contribution >= 4 is 29.5 Å². The molecule has 3 fully saturated rings. The van der Waals surface area contributed by atoms with Crippen molar-refractivity contribution in [2.45, 2.75) is 94.8 Å². The van der Waals surface area contributed by atoms with Gasteiger partial charge < -0.3 is 19.8 Å². The quantitative estimate of drug-likeness (QED) is 0.387. The molecular formula is C29H47N3O4S. The number of hydrogen-bond acceptors (Lipinski definition) is 5. The second kappa shape index (κ2) is 11.5. The molecule has 7 atom stereocenters. The summed E-state index contributed by atoms with van der Waals surface area (Å²) in [4.78, 5) is 48.2. The van der Waals surface area contributed by atoms with Gasteiger partial charge in [0.25, 0.3) is 0 Å². The third-order valence-electron chi connectivity index (χ3n) is 8.64. The fourth-order valence-electron chi connectivity index (χ4n) is 6.72. The van der Waals surface area contributed by atoms with E-state index in [0.717, 1.165) is 25.7 Å². The lowest BCUT2D eigenvalue weighted by Gasteiger charge is -2.44. The molecule has 0 aromatic carbocycles. The highest BCUT2D eigenvalue weighted by atomic mass is 32.2. The molecule has 1 spiro atoms. The zero-order valence-electron chi connectivity index (χ0n) is 23.6. The highest BCUT2D eigenvalue weighted by Crippen LogP contribution is 2.67. The molecule has 208 valence electrons. The van der Waals surface area contributed by atoms with E-state index in [0.29, 0.717) is 19.6 Å². The van der Waals surface area contributed by atoms with E-state index in [9.17, 15) is 19.5 Å². The monoisotopic (exact) mass is 533 g/mol. The third kappa shape index (κ3) is 5.00. The summed E-state index contributed by atoms with van der Waals surface area (Å²) in [6.45, 7) is 21.0. The minimum absolute atomic E-state index is 0.00455. The van der Waals surface area contributed by atoms with Crippen LogP contribution < -0.4 is 0 Å². The van der Waals surface area contributed by atoms with Crippen molar-refractivity contribution in [3.8, 4) is 0 Å². The van der Waals surface area contributed by atoms with E-state index in [2.05, 4.69) is 13.2 Å². The normalized spacial score (nSPS) is 30.1. The maximum atomic E-state index is 14.5. The van der Waals surface area contributed by atoms with Gasteiger partial charge >= 0.3 is 0 Å². The molecule has 7 nitrogen and oxygen atoms in total. The van der Waals surface area contributed by atoms with Crippen molar-refractivity contribution in [1.82, 2.24) is 14.7 Å². The van der Waals surface area contributed by atoms with Gasteiger partial charge in [0.15, 0.2) is 0 Å². The van der Waals surface area contributed by atoms with E-state index in [1.807, 2.05) is 46.4 Å². The Labute approximate surface area is 227 Å². The average molecular weight is 534 g/mol. The maximum absolute atomic E-state index is 14.5. The summed E-state index contributed by atoms with van der Waals surface area (Å²) in [5.41, 5.74) is -0.474. The zero-order valence-corrected chi connectivity index (χ0v) is 24.4. The van der Waals surface area contributed by atoms with Gasteiger partial charge in [-0.1, -0.05) is 39.3 Å². The number of carbonyl (C=O) groups is 3. The summed E-state index contributed by atoms with van der Waals surface area (Å²) < 4.78 is -0.670. The third-order valence-corrected chi connectivity index (χ3v) is 10.6. The van der Waals surface area contributed by atoms with E-state index in [4.69, 9.17) is 0 Å². The smallest absolute Gasteiger partial charge is 0.247 e. The molecule has 3 heterocycles. The fraction of sp³-hybridized carbons (Fsp3) is 0.759. The highest BCUT2D eigenvalue weighted by Gasteiger charge is 2.75. The molecule has 1 N–H and O–H groups in total. The molecule has 0 saturated carbocycles. The van der Waals surface area contributed by atoms with E-state index in [-0.39, 0.29) is 35.5 Å². The van der Waals surface area contributed by atoms with Gasteiger partial charge in [-0.15, -0.1) is 24.9 Å². The number of fused-ring (bicyclic) bond motifs is 1. The zero-order chi connectivity index (χ0) is 27.7. The number of thioether (sulfide) groups is 1. The molecule has 3 aliphatic rings. The molecule has 37 heavy (non-hydrogen) atoms. The summed E-state index contributed by atoms with van der Waals surface area (Å²) >= 11 is 1.69. The second-order valence-corrected chi connectivity index (χ2v) is 13.5. The lowest BCUT2D eigenvalue weighted by Crippen LogP contribution is -2.61. The lowest BCUT2D eigenvalue weighted by atomic mass is 9.70. The standard InChI is InChI=1S/C29H47N3O4S/c1-9-15-30(16-10-2)25(34)22-21-13-14-29(37-21)23(22)26(35)32(20(18-33)19(5)12-4)24(29)27(36)31(17-11-3)28(6,7)8/h9,11,19-24,33H,1,3,10,12-18H2,2,4-8H3/t19-,20-,21+,22-,23-,24?,29?/m0/s1. The van der Waals surface area contributed by atoms with Gasteiger partial charge in [0.2, 0.25) is 17.7 Å². The Morgan fingerprint density at radius 1 is 1.22 bits per heavy atom. The number of rotatable bonds is 12. The minimum atomic E-state index is -0.720. The van der Waals surface area contributed by atoms with Crippen LogP contribution in [0.15, 0.2) is 25.3 Å². The van der Waals surface area contributed by atoms with Crippen LogP contribution in [0.25, 0.3) is 0 Å². The summed E-state index contributed by atoms with van der Waals surface area (Å²) in [6, 6.07) is -1.20. The van der Waals surface area contributed by atoms with Crippen LogP contribution >= 0.6 is 11.8 Å². The average Bonchev–Trinajstić information content (AvgIpc) is 3.49. The summed E-state index contributed by atoms with van der Waals surface area (Å²) in [6.07, 6.45) is 6.58. The van der Waals surface area contributed by atoms with Crippen LogP contribution in [0, 0.1) is 17.8 Å². The fourth-order valence-corrected chi connectivity index (χ4v) is 8.92. The number of nitrogens with zero attached hydrogens (tertiary/aromatic N) is 3. The van der Waals surface area contributed by atoms with Crippen molar-refractivity contribution in [2.75, 3.05) is 26.2 Å². The largest absolute Gasteiger partial charge is 0.394 e. The SMILES string of the molecule is C=CCN(CCC)C(=O)[C@@H]1[C@H]2C(=O)N([C@@H](CO)[C@@H](C)CC)C(C(=O)N(CC=C)C(C)(C)C)C23CC[C@H]1S3. The highest BCUT2D eigenvalue weighted by molar-refractivity contribution is 8.02. The van der Waals surface area contributed by atoms with E-state index >= 15 is 0 Å². The molecule has 0 aliphatic carbocycles. The van der Waals surface area contributed by atoms with E-state index < -0.39 is 34.2 Å². The molecule has 0 aromatic rings. The number of carbonyl (C=O) groups excluding carboxylic acids is 3. The molecule has 3 aliphatic heterocycles. The molecule has 2 bridgehead atoms. The van der Waals surface area contributed by atoms with Crippen molar-refractivity contribution in [2.24, 2.45) is 17.8 Å². The first kappa shape index (κ1) is 29.8. The number of likely N-dealkylation sites (tertiary alicyclic amines) is 1. The molecule has 3 amide bonds. The van der Waals surface area contributed by atoms with Crippen molar-refractivity contribution in [3.63, 3.8) is 0 Å². The number of aliphatic hydroxyl groups is 1. The first-order valence-corrected chi connectivity index (χ1v) is 14.8. The Morgan fingerprint density at radius 3 is 2.38 bits per heavy atom. The van der Waals surface area contributed by atoms with Gasteiger partial charge in [-0.05, 0) is 46.0 Å². The molecular weight excluding hydrogens is 486 g/mol. The van der Waals surface area contributed by atoms with Gasteiger partial charge in [0, 0.05) is 30.4 Å². The van der Waals surface area contributed by atoms with E-state index in [1.54, 1.807) is 33.7 Å². The molecule has 2 unspecified atom stereocenters. The Balaban J connectivity index is 2.15. The summed E-state index contributed by atoms with van der Waals surface area (Å²) in [5, 5.41) is 10.5. The van der Waals surface area contributed by atoms with Gasteiger partial charge in [0.05, 0.1) is 29.2 Å². The van der Waals surface area contributed by atoms with Gasteiger partial charge in [-0.2, -0.15) is 0 Å². The molecule has 0 aromatic heterocycles. The lowest BCUT2D eigenvalue weighted by molar-refractivity contribution is -0.149. The predicted molar refractivity (Wildman–Crippen MR) is 150 cm³/mol. The van der Waals surface area contributed by atoms with Crippen molar-refractivity contribution in [1.29, 1.82) is 0 Å². The Bertz CT molecular complexity index is 902. The molecule has 3 saturated heterocycles. The number of aliphatic hydroxyl groups excluding tert-OH is 1. The van der Waals surface area contributed by atoms with Crippen LogP contribution in [-0.4, -0.2) is 91.4 Å². The van der Waals surface area contributed by atoms with Crippen LogP contribution in [0.3, 0.4) is 0 Å². The maximum Gasteiger partial charge on any atom is 0.247 e. The Morgan fingerprint density at radius 2 is 1.86 bits per heavy atom. The van der Waals surface area contributed by atoms with Gasteiger partial charge in [0.1, 0.15) is 6.04 Å². The number of hydrogen-bond donors (Lipinski definition) is 1. The predicted octanol–water partition coefficient (Wildman–Crippen LogP) is 3.72. The Kier molecular flexibility index (Phi) is 9.26. The van der Waals surface area contributed by atoms with Crippen molar-refractivity contribution < 1.29 is 19.5 Å². The second-order valence-electron chi connectivity index (χ2n) is 11.9. The topological polar surface area (TPSA) is 81.2 Å². The minimum Gasteiger partial charge on any atom is -0.394 e. The molecule has 8 heteroatoms.